The van der Waals surface area contributed by atoms with Gasteiger partial charge in [-0.2, -0.15) is 0 Å². The van der Waals surface area contributed by atoms with Crippen LogP contribution in [-0.4, -0.2) is 0 Å². The van der Waals surface area contributed by atoms with Gasteiger partial charge >= 0.3 is 0 Å². The molecule has 0 saturated heterocycles. The van der Waals surface area contributed by atoms with Gasteiger partial charge in [0, 0.05) is 0 Å². The number of benzene rings is 1. The van der Waals surface area contributed by atoms with E-state index >= 15 is 0 Å². The highest BCUT2D eigenvalue weighted by Crippen LogP contribution is 2.27. The molecule has 1 aromatic rings. The molecule has 0 amide bonds. The molecule has 0 fully saturated rings. The summed E-state index contributed by atoms with van der Waals surface area (Å²) < 4.78 is 0. The van der Waals surface area contributed by atoms with Crippen LogP contribution in [0.15, 0.2) is 24.8 Å². The Kier molecular flexibility index (Phi) is 2.81. The average Bonchev–Trinajstić information content (AvgIpc) is 2.01. The quantitative estimate of drug-likeness (QED) is 0.711. The maximum atomic E-state index is 6.17. The van der Waals surface area contributed by atoms with Crippen LogP contribution in [0.2, 0.25) is 0 Å². The predicted molar refractivity (Wildman–Crippen MR) is 62.4 cm³/mol. The van der Waals surface area contributed by atoms with Gasteiger partial charge in [-0.1, -0.05) is 23.8 Å². The number of rotatable bonds is 2. The molecule has 0 aliphatic rings. The first-order chi connectivity index (χ1) is 6.38. The Hall–Kier alpha value is -1.08. The molecule has 14 heavy (non-hydrogen) atoms. The highest BCUT2D eigenvalue weighted by molar-refractivity contribution is 5.43. The maximum Gasteiger partial charge on any atom is 0.0569 e. The van der Waals surface area contributed by atoms with E-state index in [2.05, 4.69) is 39.5 Å². The Morgan fingerprint density at radius 2 is 1.64 bits per heavy atom. The SMILES string of the molecule is C=CC(C)(N)c1c(C)cc(C)cc1C. The summed E-state index contributed by atoms with van der Waals surface area (Å²) in [6, 6.07) is 4.33. The Morgan fingerprint density at radius 3 is 2.00 bits per heavy atom. The van der Waals surface area contributed by atoms with Gasteiger partial charge in [0.15, 0.2) is 0 Å². The van der Waals surface area contributed by atoms with Gasteiger partial charge in [-0.25, -0.2) is 0 Å². The van der Waals surface area contributed by atoms with Crippen molar-refractivity contribution in [1.29, 1.82) is 0 Å². The standard InChI is InChI=1S/C13H19N/c1-6-13(5,14)12-10(3)7-9(2)8-11(12)4/h6-8H,1,14H2,2-5H3. The Morgan fingerprint density at radius 1 is 1.21 bits per heavy atom. The molecule has 0 radical (unpaired) electrons. The summed E-state index contributed by atoms with van der Waals surface area (Å²) in [5.41, 5.74) is 10.7. The molecule has 1 nitrogen and oxygen atoms in total. The van der Waals surface area contributed by atoms with E-state index in [1.807, 2.05) is 6.92 Å². The molecule has 0 bridgehead atoms. The molecule has 0 aliphatic carbocycles. The van der Waals surface area contributed by atoms with Crippen molar-refractivity contribution in [3.8, 4) is 0 Å². The van der Waals surface area contributed by atoms with E-state index in [0.717, 1.165) is 0 Å². The van der Waals surface area contributed by atoms with Crippen molar-refractivity contribution in [1.82, 2.24) is 0 Å². The van der Waals surface area contributed by atoms with Crippen LogP contribution in [0, 0.1) is 20.8 Å². The fraction of sp³-hybridized carbons (Fsp3) is 0.385. The van der Waals surface area contributed by atoms with Crippen LogP contribution in [-0.2, 0) is 5.54 Å². The minimum absolute atomic E-state index is 0.429. The van der Waals surface area contributed by atoms with Gasteiger partial charge in [-0.05, 0) is 44.4 Å². The first-order valence-electron chi connectivity index (χ1n) is 4.89. The lowest BCUT2D eigenvalue weighted by molar-refractivity contribution is 0.622. The highest BCUT2D eigenvalue weighted by atomic mass is 14.7. The molecule has 0 spiro atoms. The minimum Gasteiger partial charge on any atom is -0.318 e. The average molecular weight is 189 g/mol. The van der Waals surface area contributed by atoms with Crippen LogP contribution in [0.3, 0.4) is 0 Å². The van der Waals surface area contributed by atoms with Crippen molar-refractivity contribution in [2.24, 2.45) is 5.73 Å². The summed E-state index contributed by atoms with van der Waals surface area (Å²) >= 11 is 0. The first kappa shape index (κ1) is 11.0. The molecule has 1 rings (SSSR count). The fourth-order valence-electron chi connectivity index (χ4n) is 2.13. The van der Waals surface area contributed by atoms with Gasteiger partial charge in [-0.15, -0.1) is 6.58 Å². The van der Waals surface area contributed by atoms with E-state index in [4.69, 9.17) is 5.73 Å². The number of hydrogen-bond donors (Lipinski definition) is 1. The van der Waals surface area contributed by atoms with Crippen molar-refractivity contribution in [3.05, 3.63) is 47.0 Å². The minimum atomic E-state index is -0.429. The monoisotopic (exact) mass is 189 g/mol. The van der Waals surface area contributed by atoms with E-state index in [1.165, 1.54) is 22.3 Å². The summed E-state index contributed by atoms with van der Waals surface area (Å²) in [4.78, 5) is 0. The fourth-order valence-corrected chi connectivity index (χ4v) is 2.13. The summed E-state index contributed by atoms with van der Waals surface area (Å²) in [6.45, 7) is 12.1. The van der Waals surface area contributed by atoms with Gasteiger partial charge in [0.25, 0.3) is 0 Å². The zero-order valence-electron chi connectivity index (χ0n) is 9.52. The molecular formula is C13H19N. The molecule has 1 atom stereocenters. The van der Waals surface area contributed by atoms with Crippen LogP contribution >= 0.6 is 0 Å². The van der Waals surface area contributed by atoms with Crippen molar-refractivity contribution >= 4 is 0 Å². The van der Waals surface area contributed by atoms with Crippen LogP contribution in [0.5, 0.6) is 0 Å². The smallest absolute Gasteiger partial charge is 0.0569 e. The van der Waals surface area contributed by atoms with E-state index in [0.29, 0.717) is 0 Å². The molecule has 76 valence electrons. The lowest BCUT2D eigenvalue weighted by Crippen LogP contribution is -2.32. The second kappa shape index (κ2) is 3.58. The number of aryl methyl sites for hydroxylation is 3. The summed E-state index contributed by atoms with van der Waals surface area (Å²) in [5, 5.41) is 0. The van der Waals surface area contributed by atoms with Gasteiger partial charge in [0.2, 0.25) is 0 Å². The van der Waals surface area contributed by atoms with E-state index in [9.17, 15) is 0 Å². The van der Waals surface area contributed by atoms with E-state index < -0.39 is 5.54 Å². The molecule has 1 aromatic carbocycles. The van der Waals surface area contributed by atoms with E-state index in [1.54, 1.807) is 6.08 Å². The largest absolute Gasteiger partial charge is 0.318 e. The lowest BCUT2D eigenvalue weighted by Gasteiger charge is -2.25. The third kappa shape index (κ3) is 1.88. The maximum absolute atomic E-state index is 6.17. The summed E-state index contributed by atoms with van der Waals surface area (Å²) in [6.07, 6.45) is 1.80. The van der Waals surface area contributed by atoms with Gasteiger partial charge in [0.1, 0.15) is 0 Å². The Balaban J connectivity index is 3.42. The number of nitrogens with two attached hydrogens (primary N) is 1. The van der Waals surface area contributed by atoms with Gasteiger partial charge in [-0.3, -0.25) is 0 Å². The summed E-state index contributed by atoms with van der Waals surface area (Å²) in [5.74, 6) is 0. The normalized spacial score (nSPS) is 14.9. The molecule has 1 unspecified atom stereocenters. The first-order valence-corrected chi connectivity index (χ1v) is 4.89. The van der Waals surface area contributed by atoms with Crippen LogP contribution in [0.4, 0.5) is 0 Å². The molecule has 0 aromatic heterocycles. The zero-order chi connectivity index (χ0) is 10.9. The second-order valence-corrected chi connectivity index (χ2v) is 4.26. The second-order valence-electron chi connectivity index (χ2n) is 4.26. The van der Waals surface area contributed by atoms with E-state index in [-0.39, 0.29) is 0 Å². The number of hydrogen-bond acceptors (Lipinski definition) is 1. The molecule has 1 heteroatoms. The van der Waals surface area contributed by atoms with Crippen molar-refractivity contribution < 1.29 is 0 Å². The third-order valence-electron chi connectivity index (χ3n) is 2.64. The van der Waals surface area contributed by atoms with Gasteiger partial charge < -0.3 is 5.73 Å². The Bertz CT molecular complexity index is 338. The lowest BCUT2D eigenvalue weighted by atomic mass is 9.85. The molecule has 0 aliphatic heterocycles. The van der Waals surface area contributed by atoms with Crippen molar-refractivity contribution in [2.45, 2.75) is 33.2 Å². The Labute approximate surface area is 86.6 Å². The van der Waals surface area contributed by atoms with Crippen LogP contribution in [0.1, 0.15) is 29.2 Å². The zero-order valence-corrected chi connectivity index (χ0v) is 9.52. The predicted octanol–water partition coefficient (Wildman–Crippen LogP) is 2.97. The van der Waals surface area contributed by atoms with Crippen molar-refractivity contribution in [3.63, 3.8) is 0 Å². The molecule has 0 heterocycles. The van der Waals surface area contributed by atoms with Crippen LogP contribution < -0.4 is 5.73 Å². The highest BCUT2D eigenvalue weighted by Gasteiger charge is 2.21. The summed E-state index contributed by atoms with van der Waals surface area (Å²) in [7, 11) is 0. The van der Waals surface area contributed by atoms with Gasteiger partial charge in [0.05, 0.1) is 5.54 Å². The van der Waals surface area contributed by atoms with Crippen molar-refractivity contribution in [2.75, 3.05) is 0 Å². The molecule has 0 saturated carbocycles. The molecule has 2 N–H and O–H groups in total. The topological polar surface area (TPSA) is 26.0 Å². The van der Waals surface area contributed by atoms with Crippen LogP contribution in [0.25, 0.3) is 0 Å². The third-order valence-corrected chi connectivity index (χ3v) is 2.64. The molecular weight excluding hydrogens is 170 g/mol.